The first-order valence-corrected chi connectivity index (χ1v) is 7.05. The molecule has 1 aromatic rings. The summed E-state index contributed by atoms with van der Waals surface area (Å²) in [5.74, 6) is 0.0904. The number of nitrogens with two attached hydrogens (primary N) is 1. The molecule has 1 saturated carbocycles. The van der Waals surface area contributed by atoms with Gasteiger partial charge in [-0.05, 0) is 12.8 Å². The molecule has 0 radical (unpaired) electrons. The van der Waals surface area contributed by atoms with Gasteiger partial charge in [-0.15, -0.1) is 0 Å². The van der Waals surface area contributed by atoms with Crippen LogP contribution in [0, 0.1) is 5.92 Å². The van der Waals surface area contributed by atoms with Crippen molar-refractivity contribution in [2.24, 2.45) is 5.92 Å². The highest BCUT2D eigenvalue weighted by atomic mass is 32.2. The first kappa shape index (κ1) is 12.8. The second-order valence-corrected chi connectivity index (χ2v) is 5.85. The van der Waals surface area contributed by atoms with Crippen LogP contribution >= 0.6 is 0 Å². The molecule has 0 unspecified atom stereocenters. The maximum absolute atomic E-state index is 11.7. The Morgan fingerprint density at radius 2 is 2.22 bits per heavy atom. The molecule has 0 saturated heterocycles. The number of H-pyrrole nitrogens is 1. The van der Waals surface area contributed by atoms with Crippen molar-refractivity contribution in [1.29, 1.82) is 0 Å². The first-order chi connectivity index (χ1) is 8.50. The maximum Gasteiger partial charge on any atom is 0.245 e. The number of amides is 1. The Morgan fingerprint density at radius 1 is 1.50 bits per heavy atom. The molecule has 0 aliphatic heterocycles. The highest BCUT2D eigenvalue weighted by molar-refractivity contribution is 7.89. The van der Waals surface area contributed by atoms with Gasteiger partial charge < -0.3 is 11.1 Å². The van der Waals surface area contributed by atoms with E-state index < -0.39 is 10.0 Å². The Hall–Kier alpha value is -1.61. The van der Waals surface area contributed by atoms with Crippen LogP contribution in [-0.4, -0.2) is 37.6 Å². The molecule has 0 bridgehead atoms. The summed E-state index contributed by atoms with van der Waals surface area (Å²) in [4.78, 5) is 11.2. The van der Waals surface area contributed by atoms with Gasteiger partial charge in [-0.2, -0.15) is 5.10 Å². The molecule has 1 aromatic heterocycles. The summed E-state index contributed by atoms with van der Waals surface area (Å²) >= 11 is 0. The molecule has 100 valence electrons. The summed E-state index contributed by atoms with van der Waals surface area (Å²) in [6, 6.07) is 0. The summed E-state index contributed by atoms with van der Waals surface area (Å²) in [5, 5.41) is 8.54. The van der Waals surface area contributed by atoms with Crippen molar-refractivity contribution in [1.82, 2.24) is 20.2 Å². The van der Waals surface area contributed by atoms with Crippen molar-refractivity contribution in [2.75, 3.05) is 18.8 Å². The second kappa shape index (κ2) is 4.94. The van der Waals surface area contributed by atoms with Gasteiger partial charge in [0.1, 0.15) is 10.7 Å². The lowest BCUT2D eigenvalue weighted by atomic mass is 10.4. The lowest BCUT2D eigenvalue weighted by molar-refractivity contribution is -0.122. The molecule has 1 aliphatic carbocycles. The SMILES string of the molecule is Nc1[nH]ncc1S(=O)(=O)NCCNC(=O)C1CC1. The van der Waals surface area contributed by atoms with Gasteiger partial charge in [0.05, 0.1) is 6.20 Å². The van der Waals surface area contributed by atoms with Crippen LogP contribution in [0.1, 0.15) is 12.8 Å². The van der Waals surface area contributed by atoms with Gasteiger partial charge in [-0.3, -0.25) is 9.89 Å². The summed E-state index contributed by atoms with van der Waals surface area (Å²) in [6.07, 6.45) is 2.98. The molecule has 8 nitrogen and oxygen atoms in total. The summed E-state index contributed by atoms with van der Waals surface area (Å²) in [5.41, 5.74) is 5.42. The molecule has 1 amide bonds. The number of aromatic amines is 1. The molecule has 0 aromatic carbocycles. The Kier molecular flexibility index (Phi) is 3.53. The van der Waals surface area contributed by atoms with Crippen LogP contribution in [0.15, 0.2) is 11.1 Å². The third kappa shape index (κ3) is 2.99. The number of anilines is 1. The lowest BCUT2D eigenvalue weighted by Crippen LogP contribution is -2.35. The van der Waals surface area contributed by atoms with E-state index in [0.717, 1.165) is 19.0 Å². The number of nitrogens with one attached hydrogen (secondary N) is 3. The zero-order chi connectivity index (χ0) is 13.2. The summed E-state index contributed by atoms with van der Waals surface area (Å²) < 4.78 is 25.8. The number of nitrogens with zero attached hydrogens (tertiary/aromatic N) is 1. The summed E-state index contributed by atoms with van der Waals surface area (Å²) in [7, 11) is -3.67. The molecule has 0 spiro atoms. The van der Waals surface area contributed by atoms with E-state index in [9.17, 15) is 13.2 Å². The van der Waals surface area contributed by atoms with Gasteiger partial charge >= 0.3 is 0 Å². The quantitative estimate of drug-likeness (QED) is 0.483. The predicted molar refractivity (Wildman–Crippen MR) is 63.9 cm³/mol. The van der Waals surface area contributed by atoms with Crippen LogP contribution in [0.4, 0.5) is 5.82 Å². The monoisotopic (exact) mass is 273 g/mol. The standard InChI is InChI=1S/C9H15N5O3S/c10-8-7(5-12-14-8)18(16,17)13-4-3-11-9(15)6-1-2-6/h5-6,13H,1-4H2,(H,11,15)(H3,10,12,14). The van der Waals surface area contributed by atoms with Crippen LogP contribution in [0.3, 0.4) is 0 Å². The minimum absolute atomic E-state index is 0.00971. The van der Waals surface area contributed by atoms with Gasteiger partial charge in [-0.25, -0.2) is 13.1 Å². The van der Waals surface area contributed by atoms with Crippen LogP contribution in [0.2, 0.25) is 0 Å². The van der Waals surface area contributed by atoms with Crippen molar-refractivity contribution < 1.29 is 13.2 Å². The smallest absolute Gasteiger partial charge is 0.245 e. The van der Waals surface area contributed by atoms with E-state index in [0.29, 0.717) is 0 Å². The molecule has 1 fully saturated rings. The molecule has 1 aliphatic rings. The van der Waals surface area contributed by atoms with Gasteiger partial charge in [-0.1, -0.05) is 0 Å². The van der Waals surface area contributed by atoms with Gasteiger partial charge in [0, 0.05) is 19.0 Å². The third-order valence-corrected chi connectivity index (χ3v) is 4.07. The van der Waals surface area contributed by atoms with Crippen molar-refractivity contribution in [3.63, 3.8) is 0 Å². The third-order valence-electron chi connectivity index (χ3n) is 2.59. The zero-order valence-electron chi connectivity index (χ0n) is 9.64. The Balaban J connectivity index is 1.79. The number of carbonyl (C=O) groups excluding carboxylic acids is 1. The number of rotatable bonds is 6. The number of hydrogen-bond acceptors (Lipinski definition) is 5. The van der Waals surface area contributed by atoms with E-state index in [4.69, 9.17) is 5.73 Å². The largest absolute Gasteiger partial charge is 0.383 e. The second-order valence-electron chi connectivity index (χ2n) is 4.11. The number of aromatic nitrogens is 2. The average molecular weight is 273 g/mol. The maximum atomic E-state index is 11.7. The number of hydrogen-bond donors (Lipinski definition) is 4. The van der Waals surface area contributed by atoms with E-state index >= 15 is 0 Å². The fourth-order valence-electron chi connectivity index (χ4n) is 1.44. The van der Waals surface area contributed by atoms with Crippen molar-refractivity contribution >= 4 is 21.7 Å². The molecular formula is C9H15N5O3S. The fourth-order valence-corrected chi connectivity index (χ4v) is 2.49. The van der Waals surface area contributed by atoms with Crippen LogP contribution < -0.4 is 15.8 Å². The highest BCUT2D eigenvalue weighted by Crippen LogP contribution is 2.28. The molecule has 0 atom stereocenters. The Labute approximate surface area is 104 Å². The minimum atomic E-state index is -3.67. The van der Waals surface area contributed by atoms with Gasteiger partial charge in [0.25, 0.3) is 0 Å². The lowest BCUT2D eigenvalue weighted by Gasteiger charge is -2.06. The van der Waals surface area contributed by atoms with Crippen LogP contribution in [0.25, 0.3) is 0 Å². The Bertz CT molecular complexity index is 534. The molecule has 9 heteroatoms. The molecule has 2 rings (SSSR count). The van der Waals surface area contributed by atoms with Crippen molar-refractivity contribution in [2.45, 2.75) is 17.7 Å². The zero-order valence-corrected chi connectivity index (χ0v) is 10.5. The minimum Gasteiger partial charge on any atom is -0.383 e. The number of nitrogen functional groups attached to an aromatic ring is 1. The van der Waals surface area contributed by atoms with Crippen molar-refractivity contribution in [3.8, 4) is 0 Å². The van der Waals surface area contributed by atoms with Crippen LogP contribution in [-0.2, 0) is 14.8 Å². The number of carbonyl (C=O) groups is 1. The molecule has 1 heterocycles. The van der Waals surface area contributed by atoms with Crippen LogP contribution in [0.5, 0.6) is 0 Å². The predicted octanol–water partition coefficient (Wildman–Crippen LogP) is -1.20. The average Bonchev–Trinajstić information content (AvgIpc) is 3.07. The van der Waals surface area contributed by atoms with E-state index in [-0.39, 0.29) is 35.6 Å². The van der Waals surface area contributed by atoms with E-state index in [1.807, 2.05) is 0 Å². The van der Waals surface area contributed by atoms with Gasteiger partial charge in [0.2, 0.25) is 15.9 Å². The van der Waals surface area contributed by atoms with E-state index in [1.54, 1.807) is 0 Å². The Morgan fingerprint density at radius 3 is 2.78 bits per heavy atom. The highest BCUT2D eigenvalue weighted by Gasteiger charge is 2.29. The molecule has 5 N–H and O–H groups in total. The van der Waals surface area contributed by atoms with Gasteiger partial charge in [0.15, 0.2) is 0 Å². The van der Waals surface area contributed by atoms with E-state index in [1.165, 1.54) is 0 Å². The van der Waals surface area contributed by atoms with Crippen molar-refractivity contribution in [3.05, 3.63) is 6.20 Å². The molecular weight excluding hydrogens is 258 g/mol. The first-order valence-electron chi connectivity index (χ1n) is 5.57. The summed E-state index contributed by atoms with van der Waals surface area (Å²) in [6.45, 7) is 0.373. The number of sulfonamides is 1. The normalized spacial score (nSPS) is 15.6. The fraction of sp³-hybridized carbons (Fsp3) is 0.556. The van der Waals surface area contributed by atoms with E-state index in [2.05, 4.69) is 20.2 Å². The molecule has 18 heavy (non-hydrogen) atoms. The topological polar surface area (TPSA) is 130 Å².